The number of hydrogen-bond acceptors (Lipinski definition) is 7. The van der Waals surface area contributed by atoms with E-state index in [0.717, 1.165) is 12.8 Å². The average molecular weight is 409 g/mol. The molecular weight excluding hydrogens is 376 g/mol. The molecule has 0 aliphatic carbocycles. The number of carboxylic acids is 1. The molecule has 0 aliphatic heterocycles. The number of aliphatic carboxylic acids is 1. The SMILES string of the molecule is CSCCC(NC(=O)C(CCSC)NC(=O)C(N)CCCCN)C(=O)O. The number of carbonyl (C=O) groups excluding carboxylic acids is 2. The Kier molecular flexibility index (Phi) is 14.6. The molecule has 0 aliphatic rings. The van der Waals surface area contributed by atoms with E-state index >= 15 is 0 Å². The second-order valence-electron chi connectivity index (χ2n) is 5.91. The molecule has 0 aromatic rings. The molecule has 10 heteroatoms. The van der Waals surface area contributed by atoms with Crippen LogP contribution in [0.2, 0.25) is 0 Å². The number of rotatable bonds is 15. The third-order valence-electron chi connectivity index (χ3n) is 3.77. The first-order chi connectivity index (χ1) is 12.4. The number of carboxylic acid groups (broad SMARTS) is 1. The zero-order valence-corrected chi connectivity index (χ0v) is 17.2. The highest BCUT2D eigenvalue weighted by atomic mass is 32.2. The standard InChI is InChI=1S/C16H32N4O4S2/c1-25-9-6-12(19-14(21)11(18)5-3-4-8-17)15(22)20-13(16(23)24)7-10-26-2/h11-13H,3-10,17-18H2,1-2H3,(H,19,21)(H,20,22)(H,23,24). The summed E-state index contributed by atoms with van der Waals surface area (Å²) in [7, 11) is 0. The molecule has 0 heterocycles. The summed E-state index contributed by atoms with van der Waals surface area (Å²) in [6.07, 6.45) is 6.51. The van der Waals surface area contributed by atoms with E-state index in [0.29, 0.717) is 37.3 Å². The Labute approximate surface area is 164 Å². The molecule has 2 amide bonds. The van der Waals surface area contributed by atoms with E-state index in [1.807, 2.05) is 12.5 Å². The van der Waals surface area contributed by atoms with E-state index in [1.54, 1.807) is 11.8 Å². The summed E-state index contributed by atoms with van der Waals surface area (Å²) in [4.78, 5) is 36.0. The van der Waals surface area contributed by atoms with Crippen molar-refractivity contribution in [3.05, 3.63) is 0 Å². The van der Waals surface area contributed by atoms with Crippen molar-refractivity contribution in [3.8, 4) is 0 Å². The Morgan fingerprint density at radius 1 is 0.923 bits per heavy atom. The fourth-order valence-electron chi connectivity index (χ4n) is 2.19. The zero-order chi connectivity index (χ0) is 19.9. The largest absolute Gasteiger partial charge is 0.480 e. The van der Waals surface area contributed by atoms with Crippen LogP contribution in [0.25, 0.3) is 0 Å². The Morgan fingerprint density at radius 3 is 1.96 bits per heavy atom. The van der Waals surface area contributed by atoms with Gasteiger partial charge in [-0.2, -0.15) is 23.5 Å². The molecule has 0 saturated carbocycles. The van der Waals surface area contributed by atoms with Crippen LogP contribution < -0.4 is 22.1 Å². The summed E-state index contributed by atoms with van der Waals surface area (Å²) < 4.78 is 0. The maximum absolute atomic E-state index is 12.5. The van der Waals surface area contributed by atoms with Gasteiger partial charge in [-0.15, -0.1) is 0 Å². The smallest absolute Gasteiger partial charge is 0.326 e. The number of amides is 2. The van der Waals surface area contributed by atoms with Crippen molar-refractivity contribution in [2.24, 2.45) is 11.5 Å². The molecule has 3 atom stereocenters. The Bertz CT molecular complexity index is 440. The molecular formula is C16H32N4O4S2. The van der Waals surface area contributed by atoms with Crippen molar-refractivity contribution < 1.29 is 19.5 Å². The van der Waals surface area contributed by atoms with E-state index < -0.39 is 35.9 Å². The fraction of sp³-hybridized carbons (Fsp3) is 0.812. The molecule has 26 heavy (non-hydrogen) atoms. The van der Waals surface area contributed by atoms with Gasteiger partial charge in [-0.3, -0.25) is 9.59 Å². The summed E-state index contributed by atoms with van der Waals surface area (Å²) in [5.74, 6) is -0.704. The number of carbonyl (C=O) groups is 3. The van der Waals surface area contributed by atoms with Gasteiger partial charge in [-0.05, 0) is 56.2 Å². The van der Waals surface area contributed by atoms with Gasteiger partial charge in [-0.25, -0.2) is 4.79 Å². The van der Waals surface area contributed by atoms with E-state index in [4.69, 9.17) is 11.5 Å². The summed E-state index contributed by atoms with van der Waals surface area (Å²) in [5.41, 5.74) is 11.3. The molecule has 7 N–H and O–H groups in total. The molecule has 0 bridgehead atoms. The van der Waals surface area contributed by atoms with Crippen LogP contribution in [0, 0.1) is 0 Å². The van der Waals surface area contributed by atoms with E-state index in [1.165, 1.54) is 11.8 Å². The summed E-state index contributed by atoms with van der Waals surface area (Å²) >= 11 is 3.05. The minimum absolute atomic E-state index is 0.323. The Balaban J connectivity index is 4.80. The van der Waals surface area contributed by atoms with Crippen molar-refractivity contribution in [1.82, 2.24) is 10.6 Å². The summed E-state index contributed by atoms with van der Waals surface area (Å²) in [6, 6.07) is -2.48. The normalized spacial score (nSPS) is 14.3. The van der Waals surface area contributed by atoms with Gasteiger partial charge in [0.2, 0.25) is 11.8 Å². The molecule has 0 aromatic carbocycles. The predicted molar refractivity (Wildman–Crippen MR) is 108 cm³/mol. The number of unbranched alkanes of at least 4 members (excludes halogenated alkanes) is 1. The first kappa shape index (κ1) is 25.0. The van der Waals surface area contributed by atoms with Gasteiger partial charge in [-0.1, -0.05) is 6.42 Å². The highest BCUT2D eigenvalue weighted by molar-refractivity contribution is 7.98. The third-order valence-corrected chi connectivity index (χ3v) is 5.06. The van der Waals surface area contributed by atoms with Crippen molar-refractivity contribution in [3.63, 3.8) is 0 Å². The second-order valence-corrected chi connectivity index (χ2v) is 7.89. The lowest BCUT2D eigenvalue weighted by Crippen LogP contribution is -2.54. The van der Waals surface area contributed by atoms with Crippen molar-refractivity contribution in [1.29, 1.82) is 0 Å². The predicted octanol–water partition coefficient (Wildman–Crippen LogP) is 0.00310. The second kappa shape index (κ2) is 15.1. The average Bonchev–Trinajstić information content (AvgIpc) is 2.61. The van der Waals surface area contributed by atoms with Gasteiger partial charge in [0.25, 0.3) is 0 Å². The van der Waals surface area contributed by atoms with Crippen LogP contribution in [0.1, 0.15) is 32.1 Å². The van der Waals surface area contributed by atoms with Crippen LogP contribution in [-0.4, -0.2) is 71.6 Å². The van der Waals surface area contributed by atoms with Gasteiger partial charge in [0.1, 0.15) is 12.1 Å². The Morgan fingerprint density at radius 2 is 1.46 bits per heavy atom. The lowest BCUT2D eigenvalue weighted by Gasteiger charge is -2.22. The number of nitrogens with one attached hydrogen (secondary N) is 2. The van der Waals surface area contributed by atoms with E-state index in [2.05, 4.69) is 10.6 Å². The number of nitrogens with two attached hydrogens (primary N) is 2. The quantitative estimate of drug-likeness (QED) is 0.238. The number of thioether (sulfide) groups is 2. The fourth-order valence-corrected chi connectivity index (χ4v) is 3.13. The van der Waals surface area contributed by atoms with Gasteiger partial charge in [0, 0.05) is 0 Å². The van der Waals surface area contributed by atoms with Gasteiger partial charge in [0.15, 0.2) is 0 Å². The molecule has 152 valence electrons. The molecule has 0 saturated heterocycles. The van der Waals surface area contributed by atoms with E-state index in [-0.39, 0.29) is 0 Å². The number of hydrogen-bond donors (Lipinski definition) is 5. The van der Waals surface area contributed by atoms with Crippen LogP contribution in [0.4, 0.5) is 0 Å². The highest BCUT2D eigenvalue weighted by Gasteiger charge is 2.27. The lowest BCUT2D eigenvalue weighted by molar-refractivity contribution is -0.142. The van der Waals surface area contributed by atoms with Gasteiger partial charge < -0.3 is 27.2 Å². The molecule has 0 rings (SSSR count). The summed E-state index contributed by atoms with van der Waals surface area (Å²) in [5, 5.41) is 14.4. The molecule has 0 aromatic heterocycles. The van der Waals surface area contributed by atoms with Crippen LogP contribution in [0.5, 0.6) is 0 Å². The molecule has 0 spiro atoms. The molecule has 3 unspecified atom stereocenters. The minimum atomic E-state index is -1.08. The molecule has 0 fully saturated rings. The maximum atomic E-state index is 12.5. The van der Waals surface area contributed by atoms with Crippen LogP contribution in [0.15, 0.2) is 0 Å². The lowest BCUT2D eigenvalue weighted by atomic mass is 10.1. The third kappa shape index (κ3) is 10.9. The van der Waals surface area contributed by atoms with Crippen LogP contribution in [-0.2, 0) is 14.4 Å². The monoisotopic (exact) mass is 408 g/mol. The molecule has 0 radical (unpaired) electrons. The van der Waals surface area contributed by atoms with Crippen molar-refractivity contribution >= 4 is 41.3 Å². The van der Waals surface area contributed by atoms with E-state index in [9.17, 15) is 19.5 Å². The topological polar surface area (TPSA) is 148 Å². The first-order valence-electron chi connectivity index (χ1n) is 8.64. The molecule has 8 nitrogen and oxygen atoms in total. The summed E-state index contributed by atoms with van der Waals surface area (Å²) in [6.45, 7) is 0.541. The zero-order valence-electron chi connectivity index (χ0n) is 15.5. The van der Waals surface area contributed by atoms with Gasteiger partial charge in [0.05, 0.1) is 6.04 Å². The first-order valence-corrected chi connectivity index (χ1v) is 11.4. The highest BCUT2D eigenvalue weighted by Crippen LogP contribution is 2.06. The minimum Gasteiger partial charge on any atom is -0.480 e. The van der Waals surface area contributed by atoms with Gasteiger partial charge >= 0.3 is 5.97 Å². The van der Waals surface area contributed by atoms with Crippen LogP contribution in [0.3, 0.4) is 0 Å². The maximum Gasteiger partial charge on any atom is 0.326 e. The van der Waals surface area contributed by atoms with Crippen LogP contribution >= 0.6 is 23.5 Å². The van der Waals surface area contributed by atoms with Crippen molar-refractivity contribution in [2.45, 2.75) is 50.2 Å². The van der Waals surface area contributed by atoms with Crippen molar-refractivity contribution in [2.75, 3.05) is 30.6 Å². The Hall–Kier alpha value is -0.970.